The maximum absolute atomic E-state index is 14.4. The van der Waals surface area contributed by atoms with Gasteiger partial charge in [0.25, 0.3) is 0 Å². The van der Waals surface area contributed by atoms with Crippen LogP contribution in [0.5, 0.6) is 0 Å². The summed E-state index contributed by atoms with van der Waals surface area (Å²) in [6, 6.07) is 7.97. The summed E-state index contributed by atoms with van der Waals surface area (Å²) in [5.74, 6) is -2.80. The van der Waals surface area contributed by atoms with Gasteiger partial charge in [0.05, 0.1) is 11.8 Å². The van der Waals surface area contributed by atoms with E-state index in [1.807, 2.05) is 0 Å². The Labute approximate surface area is 175 Å². The molecule has 0 amide bonds. The zero-order valence-corrected chi connectivity index (χ0v) is 16.3. The molecule has 9 heteroatoms. The first-order valence-electron chi connectivity index (χ1n) is 9.22. The van der Waals surface area contributed by atoms with Crippen LogP contribution in [-0.4, -0.2) is 35.1 Å². The number of benzene rings is 2. The van der Waals surface area contributed by atoms with Crippen molar-refractivity contribution in [3.63, 3.8) is 0 Å². The molecular formula is C21H16ClF3N2O3. The Morgan fingerprint density at radius 1 is 1.17 bits per heavy atom. The molecule has 4 rings (SSSR count). The lowest BCUT2D eigenvalue weighted by Gasteiger charge is -2.09. The number of ether oxygens (including phenoxy) is 2. The van der Waals surface area contributed by atoms with E-state index in [0.29, 0.717) is 12.2 Å². The molecule has 1 atom stereocenters. The third-order valence-corrected chi connectivity index (χ3v) is 5.06. The van der Waals surface area contributed by atoms with Crippen molar-refractivity contribution >= 4 is 17.6 Å². The topological polar surface area (TPSA) is 53.4 Å². The number of nitrogens with zero attached hydrogens (tertiary/aromatic N) is 2. The highest BCUT2D eigenvalue weighted by molar-refractivity contribution is 6.35. The van der Waals surface area contributed by atoms with E-state index in [1.54, 1.807) is 0 Å². The molecule has 0 radical (unpaired) electrons. The van der Waals surface area contributed by atoms with Gasteiger partial charge in [-0.15, -0.1) is 0 Å². The first kappa shape index (κ1) is 20.4. The second kappa shape index (κ2) is 8.49. The number of carbonyl (C=O) groups is 1. The molecular weight excluding hydrogens is 421 g/mol. The molecule has 5 nitrogen and oxygen atoms in total. The lowest BCUT2D eigenvalue weighted by Crippen LogP contribution is -2.18. The van der Waals surface area contributed by atoms with Crippen molar-refractivity contribution in [2.45, 2.75) is 18.9 Å². The van der Waals surface area contributed by atoms with E-state index < -0.39 is 23.4 Å². The minimum absolute atomic E-state index is 0.0300. The molecule has 2 aromatic carbocycles. The maximum Gasteiger partial charge on any atom is 0.360 e. The van der Waals surface area contributed by atoms with E-state index in [-0.39, 0.29) is 34.8 Å². The molecule has 2 heterocycles. The average Bonchev–Trinajstić information content (AvgIpc) is 3.37. The Hall–Kier alpha value is -2.84. The highest BCUT2D eigenvalue weighted by atomic mass is 35.5. The standard InChI is InChI=1S/C21H16ClF3N2O3/c22-18-19(21(28)30-11-15-2-1-9-29-15)26-27(17-10-14(24)7-8-16(17)25)20(18)12-3-5-13(23)6-4-12/h3-8,10,15H,1-2,9,11H2. The fraction of sp³-hybridized carbons (Fsp3) is 0.238. The summed E-state index contributed by atoms with van der Waals surface area (Å²) in [5.41, 5.74) is -0.0620. The highest BCUT2D eigenvalue weighted by Crippen LogP contribution is 2.34. The molecule has 0 bridgehead atoms. The molecule has 1 aromatic heterocycles. The van der Waals surface area contributed by atoms with E-state index in [1.165, 1.54) is 24.3 Å². The first-order chi connectivity index (χ1) is 14.4. The second-order valence-electron chi connectivity index (χ2n) is 6.76. The summed E-state index contributed by atoms with van der Waals surface area (Å²) in [4.78, 5) is 12.6. The van der Waals surface area contributed by atoms with Gasteiger partial charge >= 0.3 is 5.97 Å². The highest BCUT2D eigenvalue weighted by Gasteiger charge is 2.27. The number of rotatable bonds is 5. The van der Waals surface area contributed by atoms with E-state index in [4.69, 9.17) is 21.1 Å². The zero-order chi connectivity index (χ0) is 21.3. The largest absolute Gasteiger partial charge is 0.458 e. The van der Waals surface area contributed by atoms with Crippen molar-refractivity contribution in [3.05, 3.63) is 70.6 Å². The Morgan fingerprint density at radius 3 is 2.60 bits per heavy atom. The molecule has 0 N–H and O–H groups in total. The predicted octanol–water partition coefficient (Wildman–Crippen LogP) is 4.95. The molecule has 30 heavy (non-hydrogen) atoms. The zero-order valence-electron chi connectivity index (χ0n) is 15.6. The number of hydrogen-bond donors (Lipinski definition) is 0. The van der Waals surface area contributed by atoms with E-state index >= 15 is 0 Å². The number of hydrogen-bond acceptors (Lipinski definition) is 4. The van der Waals surface area contributed by atoms with Crippen LogP contribution in [0.1, 0.15) is 23.3 Å². The van der Waals surface area contributed by atoms with Crippen molar-refractivity contribution < 1.29 is 27.4 Å². The summed E-state index contributed by atoms with van der Waals surface area (Å²) in [5, 5.41) is 3.97. The van der Waals surface area contributed by atoms with Crippen LogP contribution >= 0.6 is 11.6 Å². The molecule has 1 unspecified atom stereocenters. The average molecular weight is 437 g/mol. The van der Waals surface area contributed by atoms with Crippen molar-refractivity contribution in [2.75, 3.05) is 13.2 Å². The predicted molar refractivity (Wildman–Crippen MR) is 103 cm³/mol. The third-order valence-electron chi connectivity index (χ3n) is 4.70. The van der Waals surface area contributed by atoms with Gasteiger partial charge in [-0.05, 0) is 49.2 Å². The summed E-state index contributed by atoms with van der Waals surface area (Å²) in [6.07, 6.45) is 1.45. The third kappa shape index (κ3) is 4.06. The maximum atomic E-state index is 14.4. The van der Waals surface area contributed by atoms with Gasteiger partial charge in [0.2, 0.25) is 0 Å². The Balaban J connectivity index is 1.77. The molecule has 156 valence electrons. The summed E-state index contributed by atoms with van der Waals surface area (Å²) in [7, 11) is 0. The fourth-order valence-electron chi connectivity index (χ4n) is 3.22. The van der Waals surface area contributed by atoms with Crippen LogP contribution in [0.25, 0.3) is 16.9 Å². The van der Waals surface area contributed by atoms with Gasteiger partial charge in [-0.2, -0.15) is 5.10 Å². The van der Waals surface area contributed by atoms with E-state index in [0.717, 1.165) is 35.7 Å². The van der Waals surface area contributed by atoms with E-state index in [2.05, 4.69) is 5.10 Å². The van der Waals surface area contributed by atoms with E-state index in [9.17, 15) is 18.0 Å². The van der Waals surface area contributed by atoms with Gasteiger partial charge < -0.3 is 9.47 Å². The Bertz CT molecular complexity index is 1080. The molecule has 1 saturated heterocycles. The molecule has 0 spiro atoms. The minimum Gasteiger partial charge on any atom is -0.458 e. The molecule has 0 saturated carbocycles. The van der Waals surface area contributed by atoms with Crippen LogP contribution in [0.4, 0.5) is 13.2 Å². The first-order valence-corrected chi connectivity index (χ1v) is 9.60. The van der Waals surface area contributed by atoms with Crippen molar-refractivity contribution in [1.29, 1.82) is 0 Å². The van der Waals surface area contributed by atoms with Crippen LogP contribution in [0, 0.1) is 17.5 Å². The van der Waals surface area contributed by atoms with Crippen LogP contribution < -0.4 is 0 Å². The van der Waals surface area contributed by atoms with Crippen molar-refractivity contribution in [3.8, 4) is 16.9 Å². The number of carbonyl (C=O) groups excluding carboxylic acids is 1. The molecule has 0 aliphatic carbocycles. The Morgan fingerprint density at radius 2 is 1.90 bits per heavy atom. The Kier molecular flexibility index (Phi) is 5.78. The lowest BCUT2D eigenvalue weighted by atomic mass is 10.1. The van der Waals surface area contributed by atoms with Gasteiger partial charge in [-0.3, -0.25) is 0 Å². The number of esters is 1. The van der Waals surface area contributed by atoms with Crippen molar-refractivity contribution in [2.24, 2.45) is 0 Å². The second-order valence-corrected chi connectivity index (χ2v) is 7.14. The van der Waals surface area contributed by atoms with Crippen LogP contribution in [0.2, 0.25) is 5.02 Å². The lowest BCUT2D eigenvalue weighted by molar-refractivity contribution is 0.0156. The fourth-order valence-corrected chi connectivity index (χ4v) is 3.53. The summed E-state index contributed by atoms with van der Waals surface area (Å²) < 4.78 is 53.3. The number of halogens is 4. The SMILES string of the molecule is O=C(OCC1CCCO1)c1nn(-c2cc(F)ccc2F)c(-c2ccc(F)cc2)c1Cl. The summed E-state index contributed by atoms with van der Waals surface area (Å²) >= 11 is 6.41. The van der Waals surface area contributed by atoms with Gasteiger partial charge in [0, 0.05) is 18.2 Å². The summed E-state index contributed by atoms with van der Waals surface area (Å²) in [6.45, 7) is 0.632. The van der Waals surface area contributed by atoms with Crippen molar-refractivity contribution in [1.82, 2.24) is 9.78 Å². The monoisotopic (exact) mass is 436 g/mol. The molecule has 1 aliphatic rings. The smallest absolute Gasteiger partial charge is 0.360 e. The quantitative estimate of drug-likeness (QED) is 0.531. The van der Waals surface area contributed by atoms with Gasteiger partial charge in [-0.1, -0.05) is 11.6 Å². The van der Waals surface area contributed by atoms with Crippen LogP contribution in [0.15, 0.2) is 42.5 Å². The van der Waals surface area contributed by atoms with Gasteiger partial charge in [-0.25, -0.2) is 22.6 Å². The molecule has 1 aliphatic heterocycles. The molecule has 3 aromatic rings. The van der Waals surface area contributed by atoms with Crippen LogP contribution in [-0.2, 0) is 9.47 Å². The molecule has 1 fully saturated rings. The number of aromatic nitrogens is 2. The van der Waals surface area contributed by atoms with Gasteiger partial charge in [0.1, 0.15) is 34.8 Å². The normalized spacial score (nSPS) is 16.1. The van der Waals surface area contributed by atoms with Gasteiger partial charge in [0.15, 0.2) is 5.69 Å². The minimum atomic E-state index is -0.825. The van der Waals surface area contributed by atoms with Crippen LogP contribution in [0.3, 0.4) is 0 Å².